The lowest BCUT2D eigenvalue weighted by Gasteiger charge is -2.36. The van der Waals surface area contributed by atoms with E-state index in [1.165, 1.54) is 0 Å². The first-order chi connectivity index (χ1) is 17.4. The smallest absolute Gasteiger partial charge is 0.321 e. The van der Waals surface area contributed by atoms with Gasteiger partial charge in [0.1, 0.15) is 17.2 Å². The number of likely N-dealkylation sites (tertiary alicyclic amines) is 1. The topological polar surface area (TPSA) is 99.2 Å². The maximum absolute atomic E-state index is 12.9. The van der Waals surface area contributed by atoms with Crippen LogP contribution in [0.3, 0.4) is 0 Å². The van der Waals surface area contributed by atoms with Crippen LogP contribution < -0.4 is 15.5 Å². The molecule has 4 heterocycles. The number of nitrogens with one attached hydrogen (secondary N) is 2. The Bertz CT molecular complexity index is 1090. The first-order valence-electron chi connectivity index (χ1n) is 13.0. The van der Waals surface area contributed by atoms with E-state index in [1.54, 1.807) is 0 Å². The minimum absolute atomic E-state index is 0. The third-order valence-electron chi connectivity index (χ3n) is 7.44. The molecule has 1 aromatic carbocycles. The van der Waals surface area contributed by atoms with Gasteiger partial charge >= 0.3 is 6.03 Å². The summed E-state index contributed by atoms with van der Waals surface area (Å²) in [5.74, 6) is 2.16. The highest BCUT2D eigenvalue weighted by molar-refractivity contribution is 7.59. The van der Waals surface area contributed by atoms with E-state index in [-0.39, 0.29) is 19.5 Å². The Hall–Kier alpha value is -2.53. The lowest BCUT2D eigenvalue weighted by atomic mass is 9.99. The molecule has 0 spiro atoms. The summed E-state index contributed by atoms with van der Waals surface area (Å²) in [7, 11) is 0. The van der Waals surface area contributed by atoms with Crippen molar-refractivity contribution in [3.63, 3.8) is 0 Å². The number of anilines is 3. The van der Waals surface area contributed by atoms with Crippen LogP contribution >= 0.6 is 13.5 Å². The Morgan fingerprint density at radius 3 is 2.62 bits per heavy atom. The van der Waals surface area contributed by atoms with Crippen molar-refractivity contribution in [2.24, 2.45) is 5.92 Å². The normalized spacial score (nSPS) is 20.7. The van der Waals surface area contributed by atoms with E-state index in [4.69, 9.17) is 14.5 Å². The van der Waals surface area contributed by atoms with Gasteiger partial charge in [-0.05, 0) is 60.2 Å². The molecule has 3 saturated heterocycles. The number of hydrogen-bond acceptors (Lipinski definition) is 7. The first-order valence-corrected chi connectivity index (χ1v) is 13.0. The van der Waals surface area contributed by atoms with Crippen LogP contribution in [-0.2, 0) is 9.47 Å². The minimum Gasteiger partial charge on any atom is -0.383 e. The number of amides is 2. The number of nitrogens with zero attached hydrogens (tertiary/aromatic N) is 3. The molecule has 0 unspecified atom stereocenters. The Kier molecular flexibility index (Phi) is 8.84. The molecule has 0 saturated carbocycles. The van der Waals surface area contributed by atoms with Gasteiger partial charge in [0.25, 0.3) is 0 Å². The molecule has 2 amide bonds. The minimum atomic E-state index is -0.858. The number of hydrogen-bond donors (Lipinski definition) is 3. The van der Waals surface area contributed by atoms with Crippen molar-refractivity contribution in [1.82, 2.24) is 9.88 Å². The number of urea groups is 1. The molecule has 3 aliphatic heterocycles. The quantitative estimate of drug-likeness (QED) is 0.505. The van der Waals surface area contributed by atoms with Gasteiger partial charge in [-0.1, -0.05) is 19.4 Å². The van der Waals surface area contributed by atoms with Crippen LogP contribution in [0.4, 0.5) is 22.1 Å². The van der Waals surface area contributed by atoms with E-state index in [2.05, 4.69) is 35.4 Å². The fourth-order valence-corrected chi connectivity index (χ4v) is 4.97. The van der Waals surface area contributed by atoms with E-state index < -0.39 is 5.60 Å². The standard InChI is InChI=1S/C27H37N5O4.H2S/c1-3-20-6-7-32(15-20)26(33)29-22-5-4-19(2)23(14-22)21-12-24(28-16-27(34)17-36-18-27)30-25(13-21)31-8-10-35-11-9-31;/h4-5,12-14,20,34H,3,6-11,15-18H2,1-2H3,(H,28,30)(H,29,33);1H2/t20-;/m1./s1. The van der Waals surface area contributed by atoms with Crippen LogP contribution in [0.25, 0.3) is 11.1 Å². The number of aryl methyl sites for hydroxylation is 1. The number of benzene rings is 1. The fraction of sp³-hybridized carbons (Fsp3) is 0.556. The van der Waals surface area contributed by atoms with Gasteiger partial charge in [-0.15, -0.1) is 0 Å². The molecule has 0 radical (unpaired) electrons. The number of aliphatic hydroxyl groups is 1. The van der Waals surface area contributed by atoms with Crippen LogP contribution in [0.5, 0.6) is 0 Å². The third-order valence-corrected chi connectivity index (χ3v) is 7.44. The van der Waals surface area contributed by atoms with Crippen LogP contribution in [0, 0.1) is 12.8 Å². The molecule has 10 heteroatoms. The number of morpholine rings is 1. The Labute approximate surface area is 226 Å². The first kappa shape index (κ1) is 27.5. The summed E-state index contributed by atoms with van der Waals surface area (Å²) in [6.45, 7) is 9.79. The van der Waals surface area contributed by atoms with Crippen molar-refractivity contribution < 1.29 is 19.4 Å². The van der Waals surface area contributed by atoms with E-state index in [9.17, 15) is 9.90 Å². The molecule has 3 N–H and O–H groups in total. The Morgan fingerprint density at radius 1 is 1.16 bits per heavy atom. The Balaban J connectivity index is 0.00000320. The van der Waals surface area contributed by atoms with Crippen LogP contribution in [0.1, 0.15) is 25.3 Å². The van der Waals surface area contributed by atoms with Gasteiger partial charge in [0.15, 0.2) is 0 Å². The van der Waals surface area contributed by atoms with E-state index in [0.29, 0.717) is 44.7 Å². The fourth-order valence-electron chi connectivity index (χ4n) is 4.97. The summed E-state index contributed by atoms with van der Waals surface area (Å²) in [4.78, 5) is 21.9. The van der Waals surface area contributed by atoms with Crippen molar-refractivity contribution in [2.45, 2.75) is 32.3 Å². The molecule has 3 aliphatic rings. The zero-order valence-corrected chi connectivity index (χ0v) is 22.8. The summed E-state index contributed by atoms with van der Waals surface area (Å²) >= 11 is 0. The molecular weight excluding hydrogens is 490 g/mol. The molecule has 5 rings (SSSR count). The zero-order chi connectivity index (χ0) is 25.1. The van der Waals surface area contributed by atoms with Crippen LogP contribution in [-0.4, -0.2) is 85.8 Å². The van der Waals surface area contributed by atoms with Gasteiger partial charge in [0, 0.05) is 38.4 Å². The van der Waals surface area contributed by atoms with Crippen molar-refractivity contribution >= 4 is 36.8 Å². The SMILES string of the molecule is CC[C@@H]1CCN(C(=O)Nc2ccc(C)c(-c3cc(NCC4(O)COC4)nc(N4CCOCC4)c3)c2)C1.S. The second-order valence-electron chi connectivity index (χ2n) is 10.2. The van der Waals surface area contributed by atoms with Crippen LogP contribution in [0.2, 0.25) is 0 Å². The average molecular weight is 530 g/mol. The molecule has 2 aromatic rings. The van der Waals surface area contributed by atoms with Crippen molar-refractivity contribution in [3.05, 3.63) is 35.9 Å². The summed E-state index contributed by atoms with van der Waals surface area (Å²) < 4.78 is 10.7. The van der Waals surface area contributed by atoms with Gasteiger partial charge in [-0.2, -0.15) is 13.5 Å². The van der Waals surface area contributed by atoms with Crippen molar-refractivity contribution in [1.29, 1.82) is 0 Å². The third kappa shape index (κ3) is 6.49. The molecular formula is C27H39N5O4S. The molecule has 0 aliphatic carbocycles. The van der Waals surface area contributed by atoms with E-state index >= 15 is 0 Å². The van der Waals surface area contributed by atoms with E-state index in [1.807, 2.05) is 29.2 Å². The second-order valence-corrected chi connectivity index (χ2v) is 10.2. The predicted molar refractivity (Wildman–Crippen MR) is 151 cm³/mol. The molecule has 3 fully saturated rings. The summed E-state index contributed by atoms with van der Waals surface area (Å²) in [5, 5.41) is 16.9. The summed E-state index contributed by atoms with van der Waals surface area (Å²) in [5.41, 5.74) is 3.07. The van der Waals surface area contributed by atoms with Gasteiger partial charge in [-0.3, -0.25) is 0 Å². The number of carbonyl (C=O) groups excluding carboxylic acids is 1. The molecule has 1 atom stereocenters. The number of pyridine rings is 1. The zero-order valence-electron chi connectivity index (χ0n) is 21.8. The average Bonchev–Trinajstić information content (AvgIpc) is 3.37. The maximum Gasteiger partial charge on any atom is 0.321 e. The van der Waals surface area contributed by atoms with E-state index in [0.717, 1.165) is 67.2 Å². The lowest BCUT2D eigenvalue weighted by Crippen LogP contribution is -2.54. The summed E-state index contributed by atoms with van der Waals surface area (Å²) in [6.07, 6.45) is 2.17. The van der Waals surface area contributed by atoms with Gasteiger partial charge in [-0.25, -0.2) is 9.78 Å². The van der Waals surface area contributed by atoms with Crippen LogP contribution in [0.15, 0.2) is 30.3 Å². The van der Waals surface area contributed by atoms with Gasteiger partial charge in [0.2, 0.25) is 0 Å². The molecule has 202 valence electrons. The highest BCUT2D eigenvalue weighted by atomic mass is 32.1. The van der Waals surface area contributed by atoms with Crippen molar-refractivity contribution in [3.8, 4) is 11.1 Å². The number of ether oxygens (including phenoxy) is 2. The second kappa shape index (κ2) is 11.9. The summed E-state index contributed by atoms with van der Waals surface area (Å²) in [6, 6.07) is 10.1. The van der Waals surface area contributed by atoms with Crippen molar-refractivity contribution in [2.75, 3.05) is 74.7 Å². The van der Waals surface area contributed by atoms with Gasteiger partial charge < -0.3 is 35.0 Å². The molecule has 37 heavy (non-hydrogen) atoms. The maximum atomic E-state index is 12.9. The predicted octanol–water partition coefficient (Wildman–Crippen LogP) is 3.44. The monoisotopic (exact) mass is 529 g/mol. The molecule has 9 nitrogen and oxygen atoms in total. The molecule has 1 aromatic heterocycles. The van der Waals surface area contributed by atoms with Gasteiger partial charge in [0.05, 0.1) is 26.4 Å². The molecule has 0 bridgehead atoms. The number of rotatable bonds is 7. The largest absolute Gasteiger partial charge is 0.383 e. The highest BCUT2D eigenvalue weighted by Crippen LogP contribution is 2.32. The number of aromatic nitrogens is 1. The Morgan fingerprint density at radius 2 is 1.95 bits per heavy atom. The lowest BCUT2D eigenvalue weighted by molar-refractivity contribution is -0.168. The highest BCUT2D eigenvalue weighted by Gasteiger charge is 2.36. The number of carbonyl (C=O) groups is 1.